The van der Waals surface area contributed by atoms with E-state index >= 15 is 0 Å². The lowest BCUT2D eigenvalue weighted by molar-refractivity contribution is 0.0880. The summed E-state index contributed by atoms with van der Waals surface area (Å²) >= 11 is 0. The molecule has 0 radical (unpaired) electrons. The second-order valence-corrected chi connectivity index (χ2v) is 6.32. The number of benzene rings is 1. The summed E-state index contributed by atoms with van der Waals surface area (Å²) < 4.78 is 24.2. The number of nitrogen functional groups attached to an aromatic ring is 1. The van der Waals surface area contributed by atoms with E-state index in [1.165, 1.54) is 24.3 Å². The van der Waals surface area contributed by atoms with Crippen molar-refractivity contribution in [2.45, 2.75) is 4.90 Å². The molecule has 5 N–H and O–H groups in total. The van der Waals surface area contributed by atoms with Crippen molar-refractivity contribution in [3.05, 3.63) is 51.8 Å². The van der Waals surface area contributed by atoms with Gasteiger partial charge < -0.3 is 5.73 Å². The summed E-state index contributed by atoms with van der Waals surface area (Å²) in [4.78, 5) is 35.4. The maximum Gasteiger partial charge on any atom is 0.262 e. The van der Waals surface area contributed by atoms with Crippen LogP contribution in [0.15, 0.2) is 40.0 Å². The Morgan fingerprint density at radius 2 is 1.70 bits per heavy atom. The molecule has 1 aromatic heterocycles. The van der Waals surface area contributed by atoms with Gasteiger partial charge in [-0.05, 0) is 12.1 Å². The zero-order chi connectivity index (χ0) is 16.9. The Kier molecular flexibility index (Phi) is 3.09. The lowest BCUT2D eigenvalue weighted by Gasteiger charge is -2.14. The van der Waals surface area contributed by atoms with Gasteiger partial charge in [0.05, 0.1) is 16.8 Å². The minimum absolute atomic E-state index is 0.104. The first-order valence-corrected chi connectivity index (χ1v) is 7.80. The summed E-state index contributed by atoms with van der Waals surface area (Å²) in [5.41, 5.74) is 4.65. The predicted molar refractivity (Wildman–Crippen MR) is 79.6 cm³/mol. The van der Waals surface area contributed by atoms with E-state index in [9.17, 15) is 22.8 Å². The Balaban J connectivity index is 2.42. The second-order valence-electron chi connectivity index (χ2n) is 4.79. The van der Waals surface area contributed by atoms with Crippen LogP contribution in [0.5, 0.6) is 0 Å². The van der Waals surface area contributed by atoms with Crippen LogP contribution in [-0.4, -0.2) is 24.8 Å². The van der Waals surface area contributed by atoms with Crippen molar-refractivity contribution in [1.82, 2.24) is 9.88 Å². The molecular weight excluding hydrogens is 324 g/mol. The Morgan fingerprint density at radius 1 is 1.04 bits per heavy atom. The second kappa shape index (κ2) is 4.76. The van der Waals surface area contributed by atoms with Gasteiger partial charge in [0, 0.05) is 6.07 Å². The zero-order valence-corrected chi connectivity index (χ0v) is 12.3. The number of nitrogens with zero attached hydrogens (tertiary/aromatic N) is 1. The highest BCUT2D eigenvalue weighted by atomic mass is 32.2. The monoisotopic (exact) mass is 334 g/mol. The van der Waals surface area contributed by atoms with E-state index in [1.54, 1.807) is 0 Å². The lowest BCUT2D eigenvalue weighted by Crippen LogP contribution is -2.26. The van der Waals surface area contributed by atoms with Gasteiger partial charge in [-0.3, -0.25) is 24.3 Å². The molecule has 0 unspecified atom stereocenters. The van der Waals surface area contributed by atoms with E-state index in [4.69, 9.17) is 10.9 Å². The average molecular weight is 334 g/mol. The number of para-hydroxylation sites is 1. The van der Waals surface area contributed by atoms with Gasteiger partial charge >= 0.3 is 0 Å². The first-order chi connectivity index (χ1) is 10.7. The number of fused-ring (bicyclic) bond motifs is 1. The molecule has 1 aliphatic heterocycles. The quantitative estimate of drug-likeness (QED) is 0.595. The van der Waals surface area contributed by atoms with Crippen molar-refractivity contribution in [2.75, 3.05) is 5.73 Å². The normalized spacial score (nSPS) is 13.8. The molecule has 0 spiro atoms. The van der Waals surface area contributed by atoms with Crippen LogP contribution in [0.2, 0.25) is 0 Å². The number of hydrogen-bond acceptors (Lipinski definition) is 6. The molecular formula is C13H10N4O5S. The van der Waals surface area contributed by atoms with Crippen LogP contribution in [-0.2, 0) is 10.0 Å². The average Bonchev–Trinajstić information content (AvgIpc) is 2.73. The van der Waals surface area contributed by atoms with E-state index in [0.717, 1.165) is 10.6 Å². The highest BCUT2D eigenvalue weighted by Gasteiger charge is 2.32. The number of primary sulfonamides is 1. The van der Waals surface area contributed by atoms with Crippen molar-refractivity contribution in [3.63, 3.8) is 0 Å². The number of hydrogen-bond donors (Lipinski definition) is 3. The first kappa shape index (κ1) is 14.9. The third kappa shape index (κ3) is 2.20. The fraction of sp³-hybridized carbons (Fsp3) is 0. The Morgan fingerprint density at radius 3 is 2.35 bits per heavy atom. The zero-order valence-electron chi connectivity index (χ0n) is 11.4. The van der Waals surface area contributed by atoms with Crippen LogP contribution >= 0.6 is 0 Å². The number of sulfonamides is 1. The SMILES string of the molecule is Nc1c2c(cc(=O)n1-c1ccccc1S(N)(=O)=O)C(=O)NC2=O. The number of imide groups is 1. The molecule has 0 saturated heterocycles. The summed E-state index contributed by atoms with van der Waals surface area (Å²) in [5.74, 6) is -1.84. The number of aromatic nitrogens is 1. The minimum Gasteiger partial charge on any atom is -0.384 e. The molecule has 0 saturated carbocycles. The molecule has 1 aliphatic rings. The molecule has 2 aromatic rings. The third-order valence-corrected chi connectivity index (χ3v) is 4.32. The van der Waals surface area contributed by atoms with Crippen molar-refractivity contribution in [1.29, 1.82) is 0 Å². The molecule has 23 heavy (non-hydrogen) atoms. The van der Waals surface area contributed by atoms with Crippen LogP contribution in [0, 0.1) is 0 Å². The topological polar surface area (TPSA) is 154 Å². The molecule has 0 fully saturated rings. The molecule has 0 aliphatic carbocycles. The number of carbonyl (C=O) groups is 2. The van der Waals surface area contributed by atoms with Crippen LogP contribution in [0.4, 0.5) is 5.82 Å². The van der Waals surface area contributed by atoms with Crippen molar-refractivity contribution >= 4 is 27.7 Å². The Hall–Kier alpha value is -2.98. The van der Waals surface area contributed by atoms with Crippen molar-refractivity contribution < 1.29 is 18.0 Å². The third-order valence-electron chi connectivity index (χ3n) is 3.37. The van der Waals surface area contributed by atoms with E-state index in [0.29, 0.717) is 0 Å². The number of anilines is 1. The maximum atomic E-state index is 12.3. The highest BCUT2D eigenvalue weighted by molar-refractivity contribution is 7.89. The maximum absolute atomic E-state index is 12.3. The summed E-state index contributed by atoms with van der Waals surface area (Å²) in [5, 5.41) is 7.16. The van der Waals surface area contributed by atoms with E-state index < -0.39 is 27.4 Å². The lowest BCUT2D eigenvalue weighted by atomic mass is 10.1. The fourth-order valence-electron chi connectivity index (χ4n) is 2.41. The smallest absolute Gasteiger partial charge is 0.262 e. The molecule has 10 heteroatoms. The number of nitrogens with two attached hydrogens (primary N) is 2. The minimum atomic E-state index is -4.14. The predicted octanol–water partition coefficient (Wildman–Crippen LogP) is -1.05. The largest absolute Gasteiger partial charge is 0.384 e. The Labute approximate surface area is 129 Å². The molecule has 0 atom stereocenters. The van der Waals surface area contributed by atoms with Gasteiger partial charge in [-0.1, -0.05) is 12.1 Å². The van der Waals surface area contributed by atoms with E-state index in [1.807, 2.05) is 5.32 Å². The summed E-state index contributed by atoms with van der Waals surface area (Å²) in [7, 11) is -4.14. The van der Waals surface area contributed by atoms with Gasteiger partial charge in [-0.15, -0.1) is 0 Å². The molecule has 118 valence electrons. The van der Waals surface area contributed by atoms with E-state index in [-0.39, 0.29) is 27.5 Å². The standard InChI is InChI=1S/C13H10N4O5S/c14-11-10-6(12(19)16-13(10)20)5-9(18)17(11)7-3-1-2-4-8(7)23(15,21)22/h1-5H,14H2,(H2,15,21,22)(H,16,19,20). The van der Waals surface area contributed by atoms with Crippen LogP contribution < -0.4 is 21.7 Å². The summed E-state index contributed by atoms with van der Waals surface area (Å²) in [6, 6.07) is 6.35. The highest BCUT2D eigenvalue weighted by Crippen LogP contribution is 2.25. The van der Waals surface area contributed by atoms with E-state index in [2.05, 4.69) is 0 Å². The number of carbonyl (C=O) groups excluding carboxylic acids is 2. The number of pyridine rings is 1. The number of amides is 2. The van der Waals surface area contributed by atoms with Crippen molar-refractivity contribution in [3.8, 4) is 5.69 Å². The number of rotatable bonds is 2. The van der Waals surface area contributed by atoms with Gasteiger partial charge in [0.2, 0.25) is 10.0 Å². The first-order valence-electron chi connectivity index (χ1n) is 6.25. The Bertz CT molecular complexity index is 1040. The molecule has 0 bridgehead atoms. The van der Waals surface area contributed by atoms with Crippen LogP contribution in [0.25, 0.3) is 5.69 Å². The fourth-order valence-corrected chi connectivity index (χ4v) is 3.13. The van der Waals surface area contributed by atoms with Gasteiger partial charge in [0.1, 0.15) is 10.7 Å². The molecule has 9 nitrogen and oxygen atoms in total. The molecule has 1 aromatic carbocycles. The van der Waals surface area contributed by atoms with Gasteiger partial charge in [-0.2, -0.15) is 0 Å². The van der Waals surface area contributed by atoms with Crippen molar-refractivity contribution in [2.24, 2.45) is 5.14 Å². The molecule has 3 rings (SSSR count). The van der Waals surface area contributed by atoms with Crippen LogP contribution in [0.1, 0.15) is 20.7 Å². The molecule has 2 amide bonds. The van der Waals surface area contributed by atoms with Gasteiger partial charge in [0.15, 0.2) is 0 Å². The summed E-state index contributed by atoms with van der Waals surface area (Å²) in [6.07, 6.45) is 0. The number of nitrogens with one attached hydrogen (secondary N) is 1. The van der Waals surface area contributed by atoms with Crippen LogP contribution in [0.3, 0.4) is 0 Å². The summed E-state index contributed by atoms with van der Waals surface area (Å²) in [6.45, 7) is 0. The molecule has 2 heterocycles. The van der Waals surface area contributed by atoms with Gasteiger partial charge in [-0.25, -0.2) is 13.6 Å². The van der Waals surface area contributed by atoms with Gasteiger partial charge in [0.25, 0.3) is 17.4 Å².